The normalized spacial score (nSPS) is 12.8. The standard InChI is InChI=1S/C27H21F6N3O7.C2HF3O2/c28-26(29,30)16-5-1-14(2-6-16)22(37)35-18-9-13(12-43-21(25(41)42)20(34)24(39)40)10-19(11-18)36-23(38)15-3-7-17(8-4-15)27(31,32)33;3-2(4,5)1(6)7/h1-11,20-21H,12,34H2,(H,35,37)(H,36,38)(H,39,40)(H,41,42);(H,6,7)/t20-,21-;/m1./s1. The summed E-state index contributed by atoms with van der Waals surface area (Å²) in [5.74, 6) is -7.87. The number of nitrogens with two attached hydrogens (primary N) is 1. The maximum absolute atomic E-state index is 12.9. The highest BCUT2D eigenvalue weighted by Gasteiger charge is 2.38. The summed E-state index contributed by atoms with van der Waals surface area (Å²) in [6, 6.07) is 8.14. The van der Waals surface area contributed by atoms with E-state index in [0.717, 1.165) is 24.3 Å². The van der Waals surface area contributed by atoms with Crippen molar-refractivity contribution in [1.29, 1.82) is 0 Å². The molecule has 3 rings (SSSR count). The fraction of sp³-hybridized carbons (Fsp3) is 0.207. The highest BCUT2D eigenvalue weighted by Crippen LogP contribution is 2.30. The summed E-state index contributed by atoms with van der Waals surface area (Å²) in [4.78, 5) is 56.9. The van der Waals surface area contributed by atoms with Crippen molar-refractivity contribution < 1.29 is 83.5 Å². The summed E-state index contributed by atoms with van der Waals surface area (Å²) < 4.78 is 114. The number of rotatable bonds is 10. The van der Waals surface area contributed by atoms with Gasteiger partial charge in [-0.25, -0.2) is 9.59 Å². The lowest BCUT2D eigenvalue weighted by atomic mass is 10.1. The number of hydrogen-bond donors (Lipinski definition) is 6. The smallest absolute Gasteiger partial charge is 0.480 e. The number of carboxylic acids is 3. The molecule has 12 nitrogen and oxygen atoms in total. The van der Waals surface area contributed by atoms with Crippen molar-refractivity contribution in [2.45, 2.75) is 37.3 Å². The number of amides is 2. The minimum Gasteiger partial charge on any atom is -0.480 e. The number of aliphatic carboxylic acids is 3. The first kappa shape index (κ1) is 40.5. The molecule has 0 heterocycles. The lowest BCUT2D eigenvalue weighted by Gasteiger charge is -2.18. The van der Waals surface area contributed by atoms with Crippen LogP contribution in [0, 0.1) is 0 Å². The molecule has 0 aliphatic carbocycles. The molecule has 0 radical (unpaired) electrons. The monoisotopic (exact) mass is 727 g/mol. The summed E-state index contributed by atoms with van der Waals surface area (Å²) >= 11 is 0. The van der Waals surface area contributed by atoms with E-state index < -0.39 is 78.1 Å². The van der Waals surface area contributed by atoms with Gasteiger partial charge in [0.25, 0.3) is 11.8 Å². The van der Waals surface area contributed by atoms with Crippen LogP contribution in [0.2, 0.25) is 0 Å². The third-order valence-electron chi connectivity index (χ3n) is 5.98. The molecule has 0 spiro atoms. The van der Waals surface area contributed by atoms with Gasteiger partial charge >= 0.3 is 36.4 Å². The molecule has 0 saturated heterocycles. The van der Waals surface area contributed by atoms with Gasteiger partial charge in [0.2, 0.25) is 0 Å². The molecule has 270 valence electrons. The predicted octanol–water partition coefficient (Wildman–Crippen LogP) is 5.24. The van der Waals surface area contributed by atoms with Crippen LogP contribution in [0.1, 0.15) is 37.4 Å². The molecule has 0 aliphatic rings. The van der Waals surface area contributed by atoms with Crippen molar-refractivity contribution in [3.63, 3.8) is 0 Å². The van der Waals surface area contributed by atoms with Gasteiger partial charge in [0.15, 0.2) is 6.10 Å². The van der Waals surface area contributed by atoms with Crippen LogP contribution in [-0.2, 0) is 38.1 Å². The van der Waals surface area contributed by atoms with Crippen LogP contribution in [0.4, 0.5) is 50.9 Å². The summed E-state index contributed by atoms with van der Waals surface area (Å²) in [7, 11) is 0. The third kappa shape index (κ3) is 12.1. The molecule has 2 atom stereocenters. The highest BCUT2D eigenvalue weighted by atomic mass is 19.4. The Labute approximate surface area is 273 Å². The van der Waals surface area contributed by atoms with Gasteiger partial charge in [-0.3, -0.25) is 14.4 Å². The molecule has 0 bridgehead atoms. The lowest BCUT2D eigenvalue weighted by Crippen LogP contribution is -2.47. The number of alkyl halides is 9. The molecule has 0 aromatic heterocycles. The second-order valence-electron chi connectivity index (χ2n) is 9.71. The molecule has 3 aromatic carbocycles. The molecule has 21 heteroatoms. The zero-order valence-corrected chi connectivity index (χ0v) is 24.5. The van der Waals surface area contributed by atoms with E-state index in [9.17, 15) is 63.8 Å². The number of ether oxygens (including phenoxy) is 1. The second kappa shape index (κ2) is 16.1. The molecular weight excluding hydrogens is 705 g/mol. The van der Waals surface area contributed by atoms with Crippen LogP contribution >= 0.6 is 0 Å². The molecule has 0 fully saturated rings. The molecule has 7 N–H and O–H groups in total. The van der Waals surface area contributed by atoms with Crippen molar-refractivity contribution in [2.75, 3.05) is 10.6 Å². The van der Waals surface area contributed by atoms with Gasteiger partial charge in [-0.2, -0.15) is 39.5 Å². The van der Waals surface area contributed by atoms with Gasteiger partial charge in [-0.1, -0.05) is 0 Å². The van der Waals surface area contributed by atoms with Crippen LogP contribution in [0.15, 0.2) is 66.7 Å². The first-order chi connectivity index (χ1) is 22.9. The fourth-order valence-corrected chi connectivity index (χ4v) is 3.59. The van der Waals surface area contributed by atoms with E-state index in [4.69, 9.17) is 25.5 Å². The maximum Gasteiger partial charge on any atom is 0.490 e. The zero-order valence-electron chi connectivity index (χ0n) is 24.5. The Hall–Kier alpha value is -5.70. The summed E-state index contributed by atoms with van der Waals surface area (Å²) in [6.45, 7) is -0.606. The van der Waals surface area contributed by atoms with Crippen molar-refractivity contribution >= 4 is 41.1 Å². The Morgan fingerprint density at radius 3 is 1.28 bits per heavy atom. The van der Waals surface area contributed by atoms with E-state index in [0.29, 0.717) is 24.3 Å². The van der Waals surface area contributed by atoms with Gasteiger partial charge < -0.3 is 36.4 Å². The number of carboxylic acid groups (broad SMARTS) is 3. The van der Waals surface area contributed by atoms with E-state index in [1.165, 1.54) is 18.2 Å². The van der Waals surface area contributed by atoms with E-state index in [1.807, 2.05) is 0 Å². The Kier molecular flexibility index (Phi) is 13.1. The SMILES string of the molecule is N[C@@H](C(=O)O)[C@@H](OCc1cc(NC(=O)c2ccc(C(F)(F)F)cc2)cc(NC(=O)c2ccc(C(F)(F)F)cc2)c1)C(=O)O.O=C(O)C(F)(F)F. The zero-order chi connectivity index (χ0) is 38.2. The molecule has 0 saturated carbocycles. The number of hydrogen-bond acceptors (Lipinski definition) is 7. The van der Waals surface area contributed by atoms with E-state index in [1.54, 1.807) is 0 Å². The average Bonchev–Trinajstić information content (AvgIpc) is 2.99. The first-order valence-corrected chi connectivity index (χ1v) is 13.1. The fourth-order valence-electron chi connectivity index (χ4n) is 3.59. The molecule has 0 aliphatic heterocycles. The van der Waals surface area contributed by atoms with Gasteiger partial charge in [-0.05, 0) is 72.3 Å². The maximum atomic E-state index is 12.9. The molecule has 50 heavy (non-hydrogen) atoms. The summed E-state index contributed by atoms with van der Waals surface area (Å²) in [5.41, 5.74) is 2.95. The van der Waals surface area contributed by atoms with Crippen molar-refractivity contribution in [3.8, 4) is 0 Å². The van der Waals surface area contributed by atoms with Crippen LogP contribution in [-0.4, -0.2) is 63.4 Å². The van der Waals surface area contributed by atoms with Gasteiger partial charge in [0.05, 0.1) is 17.7 Å². The van der Waals surface area contributed by atoms with E-state index >= 15 is 0 Å². The minimum atomic E-state index is -5.08. The third-order valence-corrected chi connectivity index (χ3v) is 5.98. The summed E-state index contributed by atoms with van der Waals surface area (Å²) in [6.07, 6.45) is -16.4. The first-order valence-electron chi connectivity index (χ1n) is 13.1. The predicted molar refractivity (Wildman–Crippen MR) is 151 cm³/mol. The number of halogens is 9. The molecule has 3 aromatic rings. The van der Waals surface area contributed by atoms with Gasteiger partial charge in [0.1, 0.15) is 6.04 Å². The van der Waals surface area contributed by atoms with E-state index in [-0.39, 0.29) is 28.1 Å². The Morgan fingerprint density at radius 1 is 0.640 bits per heavy atom. The number of carbonyl (C=O) groups is 5. The topological polar surface area (TPSA) is 205 Å². The molecule has 2 amide bonds. The number of nitrogens with one attached hydrogen (secondary N) is 2. The van der Waals surface area contributed by atoms with Crippen molar-refractivity contribution in [2.24, 2.45) is 5.73 Å². The Balaban J connectivity index is 0.00000112. The van der Waals surface area contributed by atoms with Crippen LogP contribution < -0.4 is 16.4 Å². The van der Waals surface area contributed by atoms with Crippen LogP contribution in [0.5, 0.6) is 0 Å². The summed E-state index contributed by atoms with van der Waals surface area (Å²) in [5, 5.41) is 30.2. The number of carbonyl (C=O) groups excluding carboxylic acids is 2. The largest absolute Gasteiger partial charge is 0.490 e. The Morgan fingerprint density at radius 2 is 1.00 bits per heavy atom. The lowest BCUT2D eigenvalue weighted by molar-refractivity contribution is -0.192. The van der Waals surface area contributed by atoms with Crippen LogP contribution in [0.25, 0.3) is 0 Å². The Bertz CT molecular complexity index is 1620. The van der Waals surface area contributed by atoms with E-state index in [2.05, 4.69) is 10.6 Å². The average molecular weight is 727 g/mol. The highest BCUT2D eigenvalue weighted by molar-refractivity contribution is 6.06. The van der Waals surface area contributed by atoms with Crippen molar-refractivity contribution in [3.05, 3.63) is 94.5 Å². The van der Waals surface area contributed by atoms with Crippen LogP contribution in [0.3, 0.4) is 0 Å². The van der Waals surface area contributed by atoms with Gasteiger partial charge in [0, 0.05) is 22.5 Å². The van der Waals surface area contributed by atoms with Gasteiger partial charge in [-0.15, -0.1) is 0 Å². The molecular formula is C29H22F9N3O9. The van der Waals surface area contributed by atoms with Crippen molar-refractivity contribution in [1.82, 2.24) is 0 Å². The minimum absolute atomic E-state index is 0.0665. The quantitative estimate of drug-likeness (QED) is 0.150. The number of benzene rings is 3. The number of anilines is 2. The second-order valence-corrected chi connectivity index (χ2v) is 9.71. The molecule has 0 unspecified atom stereocenters.